The number of allylic oxidation sites excluding steroid dienone is 1. The normalized spacial score (nSPS) is 36.8. The van der Waals surface area contributed by atoms with Gasteiger partial charge in [0.25, 0.3) is 0 Å². The van der Waals surface area contributed by atoms with Gasteiger partial charge in [0, 0.05) is 30.2 Å². The summed E-state index contributed by atoms with van der Waals surface area (Å²) in [4.78, 5) is 12.1. The predicted octanol–water partition coefficient (Wildman–Crippen LogP) is 1.90. The second kappa shape index (κ2) is 3.46. The van der Waals surface area contributed by atoms with Gasteiger partial charge >= 0.3 is 0 Å². The van der Waals surface area contributed by atoms with E-state index in [1.54, 1.807) is 0 Å². The lowest BCUT2D eigenvalue weighted by atomic mass is 9.62. The molecule has 3 atom stereocenters. The summed E-state index contributed by atoms with van der Waals surface area (Å²) in [5.41, 5.74) is 2.79. The minimum absolute atomic E-state index is 0.0401. The van der Waals surface area contributed by atoms with Crippen molar-refractivity contribution >= 4 is 5.78 Å². The Morgan fingerprint density at radius 2 is 2.33 bits per heavy atom. The lowest BCUT2D eigenvalue weighted by Crippen LogP contribution is -2.43. The molecule has 1 aromatic rings. The summed E-state index contributed by atoms with van der Waals surface area (Å²) in [6, 6.07) is 0. The number of nitrogens with zero attached hydrogens (tertiary/aromatic N) is 2. The zero-order valence-corrected chi connectivity index (χ0v) is 11.0. The van der Waals surface area contributed by atoms with Gasteiger partial charge in [-0.15, -0.1) is 0 Å². The number of fused-ring (bicyclic) bond motifs is 3. The van der Waals surface area contributed by atoms with Crippen LogP contribution in [0.2, 0.25) is 0 Å². The van der Waals surface area contributed by atoms with E-state index in [1.165, 1.54) is 5.56 Å². The van der Waals surface area contributed by atoms with Crippen LogP contribution in [-0.2, 0) is 23.7 Å². The molecule has 2 aliphatic rings. The Balaban J connectivity index is 2.11. The fourth-order valence-corrected chi connectivity index (χ4v) is 3.82. The van der Waals surface area contributed by atoms with E-state index in [1.807, 2.05) is 18.7 Å². The van der Waals surface area contributed by atoms with Crippen LogP contribution in [0.15, 0.2) is 18.0 Å². The fraction of sp³-hybridized carbons (Fsp3) is 0.571. The van der Waals surface area contributed by atoms with Gasteiger partial charge in [0.15, 0.2) is 5.78 Å². The zero-order valence-electron chi connectivity index (χ0n) is 11.0. The number of carbonyl (C=O) groups excluding carboxylic acids is 1. The van der Waals surface area contributed by atoms with Crippen molar-refractivity contribution < 1.29 is 9.90 Å². The van der Waals surface area contributed by atoms with Crippen LogP contribution in [0.3, 0.4) is 0 Å². The number of aryl methyl sites for hydroxylation is 1. The van der Waals surface area contributed by atoms with E-state index in [-0.39, 0.29) is 17.1 Å². The van der Waals surface area contributed by atoms with Gasteiger partial charge in [0.2, 0.25) is 0 Å². The molecule has 1 saturated carbocycles. The molecule has 0 amide bonds. The second-order valence-corrected chi connectivity index (χ2v) is 5.89. The third-order valence-corrected chi connectivity index (χ3v) is 4.75. The minimum atomic E-state index is -0.113. The van der Waals surface area contributed by atoms with Crippen molar-refractivity contribution in [3.8, 4) is 0 Å². The van der Waals surface area contributed by atoms with E-state index in [2.05, 4.69) is 18.2 Å². The monoisotopic (exact) mass is 246 g/mol. The van der Waals surface area contributed by atoms with Crippen LogP contribution >= 0.6 is 0 Å². The Hall–Kier alpha value is -1.58. The molecule has 0 aromatic carbocycles. The van der Waals surface area contributed by atoms with E-state index >= 15 is 0 Å². The predicted molar refractivity (Wildman–Crippen MR) is 67.3 cm³/mol. The third kappa shape index (κ3) is 1.26. The Morgan fingerprint density at radius 1 is 1.61 bits per heavy atom. The van der Waals surface area contributed by atoms with Crippen LogP contribution in [0.25, 0.3) is 0 Å². The maximum Gasteiger partial charge on any atom is 0.165 e. The summed E-state index contributed by atoms with van der Waals surface area (Å²) in [5.74, 6) is 0.364. The number of hydrogen-bond acceptors (Lipinski definition) is 3. The molecule has 1 aromatic heterocycles. The molecule has 1 fully saturated rings. The third-order valence-electron chi connectivity index (χ3n) is 4.75. The molecule has 0 saturated heterocycles. The standard InChI is InChI=1S/C14H18N2O2/c1-8-11-4-9-6-16(3)15-13(9)14(11,2)5-10(7-17)12(8)18/h6-8,11,17H,4-5H2,1-3H3/b10-7-/t8-,11-,14-/m0/s1. The van der Waals surface area contributed by atoms with Crippen molar-refractivity contribution in [2.45, 2.75) is 32.1 Å². The number of aromatic nitrogens is 2. The van der Waals surface area contributed by atoms with Crippen LogP contribution in [0, 0.1) is 11.8 Å². The number of aliphatic hydroxyl groups excluding tert-OH is 1. The molecule has 4 nitrogen and oxygen atoms in total. The highest BCUT2D eigenvalue weighted by Gasteiger charge is 2.53. The van der Waals surface area contributed by atoms with Crippen molar-refractivity contribution in [2.24, 2.45) is 18.9 Å². The molecule has 4 heteroatoms. The number of carbonyl (C=O) groups is 1. The molecule has 0 radical (unpaired) electrons. The Kier molecular flexibility index (Phi) is 2.22. The molecule has 1 heterocycles. The number of ketones is 1. The summed E-state index contributed by atoms with van der Waals surface area (Å²) >= 11 is 0. The van der Waals surface area contributed by atoms with Crippen molar-refractivity contribution in [3.05, 3.63) is 29.3 Å². The lowest BCUT2D eigenvalue weighted by Gasteiger charge is -2.40. The van der Waals surface area contributed by atoms with Crippen molar-refractivity contribution in [1.82, 2.24) is 9.78 Å². The molecule has 0 spiro atoms. The SMILES string of the molecule is C[C@@H]1C(=O)/C(=C\O)C[C@]2(C)c3nn(C)cc3C[C@@H]12. The number of rotatable bonds is 0. The Bertz CT molecular complexity index is 558. The van der Waals surface area contributed by atoms with Crippen molar-refractivity contribution in [2.75, 3.05) is 0 Å². The van der Waals surface area contributed by atoms with Crippen LogP contribution in [0.4, 0.5) is 0 Å². The van der Waals surface area contributed by atoms with Crippen LogP contribution in [-0.4, -0.2) is 20.7 Å². The molecule has 0 bridgehead atoms. The summed E-state index contributed by atoms with van der Waals surface area (Å²) in [6.45, 7) is 4.14. The molecule has 2 aliphatic carbocycles. The first-order valence-electron chi connectivity index (χ1n) is 6.38. The maximum atomic E-state index is 12.1. The zero-order chi connectivity index (χ0) is 13.1. The average Bonchev–Trinajstić information content (AvgIpc) is 2.81. The van der Waals surface area contributed by atoms with Crippen molar-refractivity contribution in [3.63, 3.8) is 0 Å². The Labute approximate surface area is 106 Å². The van der Waals surface area contributed by atoms with E-state index in [9.17, 15) is 9.90 Å². The van der Waals surface area contributed by atoms with Gasteiger partial charge in [0.1, 0.15) is 0 Å². The molecule has 0 aliphatic heterocycles. The molecular weight excluding hydrogens is 228 g/mol. The van der Waals surface area contributed by atoms with Crippen molar-refractivity contribution in [1.29, 1.82) is 0 Å². The van der Waals surface area contributed by atoms with Gasteiger partial charge in [-0.25, -0.2) is 0 Å². The summed E-state index contributed by atoms with van der Waals surface area (Å²) in [7, 11) is 1.93. The van der Waals surface area contributed by atoms with Crippen LogP contribution < -0.4 is 0 Å². The summed E-state index contributed by atoms with van der Waals surface area (Å²) in [6.07, 6.45) is 4.56. The van der Waals surface area contributed by atoms with E-state index < -0.39 is 0 Å². The van der Waals surface area contributed by atoms with Gasteiger partial charge < -0.3 is 5.11 Å². The Morgan fingerprint density at radius 3 is 3.00 bits per heavy atom. The smallest absolute Gasteiger partial charge is 0.165 e. The molecule has 18 heavy (non-hydrogen) atoms. The molecule has 3 rings (SSSR count). The summed E-state index contributed by atoms with van der Waals surface area (Å²) in [5, 5.41) is 13.8. The van der Waals surface area contributed by atoms with Gasteiger partial charge in [0.05, 0.1) is 12.0 Å². The molecule has 0 unspecified atom stereocenters. The largest absolute Gasteiger partial charge is 0.515 e. The topological polar surface area (TPSA) is 55.1 Å². The average molecular weight is 246 g/mol. The van der Waals surface area contributed by atoms with E-state index in [4.69, 9.17) is 0 Å². The van der Waals surface area contributed by atoms with Gasteiger partial charge in [-0.2, -0.15) is 5.10 Å². The molecule has 1 N–H and O–H groups in total. The first-order valence-corrected chi connectivity index (χ1v) is 6.38. The first kappa shape index (κ1) is 11.5. The highest BCUT2D eigenvalue weighted by molar-refractivity contribution is 5.98. The summed E-state index contributed by atoms with van der Waals surface area (Å²) < 4.78 is 1.84. The van der Waals surface area contributed by atoms with E-state index in [0.29, 0.717) is 17.9 Å². The first-order chi connectivity index (χ1) is 8.47. The number of Topliss-reactive ketones (excluding diaryl/α,β-unsaturated/α-hetero) is 1. The quantitative estimate of drug-likeness (QED) is 0.562. The van der Waals surface area contributed by atoms with Gasteiger partial charge in [-0.05, 0) is 24.3 Å². The second-order valence-electron chi connectivity index (χ2n) is 5.89. The van der Waals surface area contributed by atoms with Gasteiger partial charge in [-0.1, -0.05) is 13.8 Å². The fourth-order valence-electron chi connectivity index (χ4n) is 3.82. The van der Waals surface area contributed by atoms with E-state index in [0.717, 1.165) is 18.4 Å². The highest BCUT2D eigenvalue weighted by atomic mass is 16.2. The van der Waals surface area contributed by atoms with Gasteiger partial charge in [-0.3, -0.25) is 9.48 Å². The highest BCUT2D eigenvalue weighted by Crippen LogP contribution is 2.53. The molecular formula is C14H18N2O2. The van der Waals surface area contributed by atoms with Crippen LogP contribution in [0.1, 0.15) is 31.5 Å². The number of hydrogen-bond donors (Lipinski definition) is 1. The minimum Gasteiger partial charge on any atom is -0.515 e. The van der Waals surface area contributed by atoms with Crippen LogP contribution in [0.5, 0.6) is 0 Å². The lowest BCUT2D eigenvalue weighted by molar-refractivity contribution is -0.123. The number of aliphatic hydroxyl groups is 1. The molecule has 96 valence electrons. The maximum absolute atomic E-state index is 12.1.